The van der Waals surface area contributed by atoms with Gasteiger partial charge < -0.3 is 10.7 Å². The number of nitrogens with zero attached hydrogens (tertiary/aromatic N) is 1. The van der Waals surface area contributed by atoms with Crippen LogP contribution in [0.25, 0.3) is 0 Å². The van der Waals surface area contributed by atoms with Crippen molar-refractivity contribution in [1.29, 1.82) is 0 Å². The van der Waals surface area contributed by atoms with E-state index in [1.807, 2.05) is 0 Å². The highest BCUT2D eigenvalue weighted by molar-refractivity contribution is 5.73. The summed E-state index contributed by atoms with van der Waals surface area (Å²) >= 11 is 0. The molecule has 0 saturated heterocycles. The molecule has 0 spiro atoms. The quantitative estimate of drug-likeness (QED) is 0.356. The van der Waals surface area contributed by atoms with Gasteiger partial charge in [0.05, 0.1) is 6.54 Å². The fraction of sp³-hybridized carbons (Fsp3) is 0.200. The van der Waals surface area contributed by atoms with E-state index in [0.29, 0.717) is 12.4 Å². The van der Waals surface area contributed by atoms with Crippen LogP contribution >= 0.6 is 0 Å². The molecule has 0 atom stereocenters. The van der Waals surface area contributed by atoms with E-state index >= 15 is 0 Å². The van der Waals surface area contributed by atoms with Crippen LogP contribution in [0, 0.1) is 11.8 Å². The largest absolute Gasteiger partial charge is 0.345 e. The van der Waals surface area contributed by atoms with Crippen LogP contribution < -0.4 is 16.6 Å². The number of hydrazine groups is 1. The van der Waals surface area contributed by atoms with E-state index in [-0.39, 0.29) is 5.91 Å². The van der Waals surface area contributed by atoms with Gasteiger partial charge in [0.15, 0.2) is 0 Å². The second-order valence-corrected chi connectivity index (χ2v) is 2.79. The number of hydrogen-bond donors (Lipinski definition) is 3. The molecule has 0 unspecified atom stereocenters. The zero-order chi connectivity index (χ0) is 11.1. The fourth-order valence-corrected chi connectivity index (χ4v) is 0.868. The molecular formula is C10H12N4O. The molecule has 0 aliphatic rings. The van der Waals surface area contributed by atoms with E-state index in [0.717, 1.165) is 5.56 Å². The molecular weight excluding hydrogens is 192 g/mol. The first-order valence-electron chi connectivity index (χ1n) is 4.38. The normalized spacial score (nSPS) is 8.67. The molecule has 15 heavy (non-hydrogen) atoms. The Morgan fingerprint density at radius 1 is 1.60 bits per heavy atom. The van der Waals surface area contributed by atoms with Gasteiger partial charge in [-0.15, -0.1) is 0 Å². The third-order valence-electron chi connectivity index (χ3n) is 1.57. The number of pyridine rings is 1. The van der Waals surface area contributed by atoms with Crippen LogP contribution in [0.5, 0.6) is 0 Å². The summed E-state index contributed by atoms with van der Waals surface area (Å²) in [7, 11) is 0. The smallest absolute Gasteiger partial charge is 0.217 e. The summed E-state index contributed by atoms with van der Waals surface area (Å²) in [5.74, 6) is 11.3. The van der Waals surface area contributed by atoms with E-state index in [9.17, 15) is 4.79 Å². The van der Waals surface area contributed by atoms with Gasteiger partial charge in [-0.2, -0.15) is 0 Å². The average molecular weight is 204 g/mol. The summed E-state index contributed by atoms with van der Waals surface area (Å²) in [6.45, 7) is 1.79. The fourth-order valence-electron chi connectivity index (χ4n) is 0.868. The zero-order valence-corrected chi connectivity index (χ0v) is 8.37. The van der Waals surface area contributed by atoms with Crippen molar-refractivity contribution < 1.29 is 4.79 Å². The summed E-state index contributed by atoms with van der Waals surface area (Å²) in [5, 5.41) is 2.57. The molecule has 0 bridgehead atoms. The monoisotopic (exact) mass is 204 g/mol. The molecule has 78 valence electrons. The number of aromatic nitrogens is 1. The van der Waals surface area contributed by atoms with Crippen molar-refractivity contribution in [2.75, 3.05) is 12.0 Å². The van der Waals surface area contributed by atoms with Crippen molar-refractivity contribution in [1.82, 2.24) is 10.3 Å². The number of carbonyl (C=O) groups is 1. The molecule has 1 aromatic rings. The first kappa shape index (κ1) is 11.0. The highest BCUT2D eigenvalue weighted by Gasteiger charge is 1.89. The lowest BCUT2D eigenvalue weighted by molar-refractivity contribution is -0.118. The molecule has 1 rings (SSSR count). The van der Waals surface area contributed by atoms with Crippen LogP contribution in [0.15, 0.2) is 18.3 Å². The van der Waals surface area contributed by atoms with Crippen molar-refractivity contribution in [2.24, 2.45) is 5.84 Å². The molecule has 1 aromatic heterocycles. The SMILES string of the molecule is CC(=O)NCC#Cc1ccc(NN)nc1. The van der Waals surface area contributed by atoms with Gasteiger partial charge in [-0.3, -0.25) is 4.79 Å². The van der Waals surface area contributed by atoms with Gasteiger partial charge in [0, 0.05) is 18.7 Å². The first-order chi connectivity index (χ1) is 7.22. The molecule has 1 heterocycles. The summed E-state index contributed by atoms with van der Waals surface area (Å²) in [6.07, 6.45) is 1.61. The maximum absolute atomic E-state index is 10.5. The molecule has 5 nitrogen and oxygen atoms in total. The Morgan fingerprint density at radius 3 is 2.93 bits per heavy atom. The number of rotatable bonds is 2. The third-order valence-corrected chi connectivity index (χ3v) is 1.57. The van der Waals surface area contributed by atoms with Crippen LogP contribution in [-0.4, -0.2) is 17.4 Å². The lowest BCUT2D eigenvalue weighted by Gasteiger charge is -1.96. The van der Waals surface area contributed by atoms with E-state index in [1.165, 1.54) is 6.92 Å². The van der Waals surface area contributed by atoms with Gasteiger partial charge in [0.25, 0.3) is 0 Å². The second kappa shape index (κ2) is 5.62. The van der Waals surface area contributed by atoms with Crippen molar-refractivity contribution in [2.45, 2.75) is 6.92 Å². The minimum atomic E-state index is -0.0925. The van der Waals surface area contributed by atoms with Crippen molar-refractivity contribution in [3.05, 3.63) is 23.9 Å². The lowest BCUT2D eigenvalue weighted by Crippen LogP contribution is -2.19. The van der Waals surface area contributed by atoms with E-state index < -0.39 is 0 Å². The van der Waals surface area contributed by atoms with E-state index in [1.54, 1.807) is 18.3 Å². The van der Waals surface area contributed by atoms with Gasteiger partial charge in [-0.1, -0.05) is 11.8 Å². The second-order valence-electron chi connectivity index (χ2n) is 2.79. The molecule has 0 saturated carbocycles. The topological polar surface area (TPSA) is 80.0 Å². The Bertz CT molecular complexity index is 388. The Hall–Kier alpha value is -2.06. The molecule has 0 radical (unpaired) electrons. The van der Waals surface area contributed by atoms with Crippen LogP contribution in [0.2, 0.25) is 0 Å². The van der Waals surface area contributed by atoms with Gasteiger partial charge in [0.2, 0.25) is 5.91 Å². The number of nitrogen functional groups attached to an aromatic ring is 1. The van der Waals surface area contributed by atoms with Crippen LogP contribution in [0.1, 0.15) is 12.5 Å². The number of nitrogens with one attached hydrogen (secondary N) is 2. The molecule has 0 fully saturated rings. The maximum Gasteiger partial charge on any atom is 0.217 e. The highest BCUT2D eigenvalue weighted by Crippen LogP contribution is 2.01. The first-order valence-corrected chi connectivity index (χ1v) is 4.38. The van der Waals surface area contributed by atoms with Gasteiger partial charge in [-0.05, 0) is 12.1 Å². The zero-order valence-electron chi connectivity index (χ0n) is 8.37. The molecule has 1 amide bonds. The average Bonchev–Trinajstić information content (AvgIpc) is 2.25. The van der Waals surface area contributed by atoms with Crippen molar-refractivity contribution >= 4 is 11.7 Å². The molecule has 0 aromatic carbocycles. The predicted octanol–water partition coefficient (Wildman–Crippen LogP) is -0.145. The molecule has 4 N–H and O–H groups in total. The van der Waals surface area contributed by atoms with Crippen LogP contribution in [-0.2, 0) is 4.79 Å². The summed E-state index contributed by atoms with van der Waals surface area (Å²) in [5.41, 5.74) is 3.20. The van der Waals surface area contributed by atoms with Gasteiger partial charge in [0.1, 0.15) is 5.82 Å². The summed E-state index contributed by atoms with van der Waals surface area (Å²) in [4.78, 5) is 14.5. The molecule has 5 heteroatoms. The van der Waals surface area contributed by atoms with E-state index in [4.69, 9.17) is 5.84 Å². The number of carbonyl (C=O) groups excluding carboxylic acids is 1. The molecule has 0 aliphatic heterocycles. The van der Waals surface area contributed by atoms with Gasteiger partial charge >= 0.3 is 0 Å². The van der Waals surface area contributed by atoms with Crippen LogP contribution in [0.3, 0.4) is 0 Å². The highest BCUT2D eigenvalue weighted by atomic mass is 16.1. The Morgan fingerprint density at radius 2 is 2.40 bits per heavy atom. The third kappa shape index (κ3) is 4.11. The number of anilines is 1. The Labute approximate surface area is 88.0 Å². The molecule has 0 aliphatic carbocycles. The minimum Gasteiger partial charge on any atom is -0.345 e. The number of nitrogens with two attached hydrogens (primary N) is 1. The minimum absolute atomic E-state index is 0.0925. The van der Waals surface area contributed by atoms with Crippen molar-refractivity contribution in [3.63, 3.8) is 0 Å². The van der Waals surface area contributed by atoms with Crippen LogP contribution in [0.4, 0.5) is 5.82 Å². The van der Waals surface area contributed by atoms with E-state index in [2.05, 4.69) is 27.6 Å². The Kier molecular flexibility index (Phi) is 4.13. The lowest BCUT2D eigenvalue weighted by atomic mass is 10.3. The number of amides is 1. The number of hydrogen-bond acceptors (Lipinski definition) is 4. The summed E-state index contributed by atoms with van der Waals surface area (Å²) in [6, 6.07) is 3.52. The predicted molar refractivity (Wildman–Crippen MR) is 57.6 cm³/mol. The summed E-state index contributed by atoms with van der Waals surface area (Å²) < 4.78 is 0. The maximum atomic E-state index is 10.5. The van der Waals surface area contributed by atoms with Crippen molar-refractivity contribution in [3.8, 4) is 11.8 Å². The standard InChI is InChI=1S/C10H12N4O/c1-8(15)12-6-2-3-9-4-5-10(14-11)13-7-9/h4-5,7H,6,11H2,1H3,(H,12,15)(H,13,14). The Balaban J connectivity index is 2.52. The van der Waals surface area contributed by atoms with Gasteiger partial charge in [-0.25, -0.2) is 10.8 Å².